The van der Waals surface area contributed by atoms with Gasteiger partial charge in [-0.25, -0.2) is 4.68 Å². The van der Waals surface area contributed by atoms with Crippen LogP contribution in [0.2, 0.25) is 0 Å². The molecule has 1 aromatic heterocycles. The number of hydrogen-bond acceptors (Lipinski definition) is 4. The molecule has 32 heavy (non-hydrogen) atoms. The van der Waals surface area contributed by atoms with E-state index in [-0.39, 0.29) is 11.9 Å². The van der Waals surface area contributed by atoms with Crippen LogP contribution in [0.3, 0.4) is 0 Å². The molecule has 0 aliphatic carbocycles. The molecule has 166 valence electrons. The Morgan fingerprint density at radius 3 is 2.56 bits per heavy atom. The summed E-state index contributed by atoms with van der Waals surface area (Å²) in [6.07, 6.45) is 6.23. The first-order valence-corrected chi connectivity index (χ1v) is 11.8. The highest BCUT2D eigenvalue weighted by molar-refractivity contribution is 5.92. The van der Waals surface area contributed by atoms with Gasteiger partial charge in [0, 0.05) is 26.2 Å². The fourth-order valence-electron chi connectivity index (χ4n) is 4.97. The number of hydrogen-bond donors (Lipinski definition) is 0. The number of likely N-dealkylation sites (tertiary alicyclic amines) is 2. The van der Waals surface area contributed by atoms with Crippen molar-refractivity contribution in [1.82, 2.24) is 24.8 Å². The van der Waals surface area contributed by atoms with E-state index < -0.39 is 0 Å². The zero-order chi connectivity index (χ0) is 21.9. The number of rotatable bonds is 5. The Balaban J connectivity index is 1.22. The van der Waals surface area contributed by atoms with Crippen molar-refractivity contribution < 1.29 is 4.79 Å². The first-order chi connectivity index (χ1) is 15.7. The summed E-state index contributed by atoms with van der Waals surface area (Å²) in [5.74, 6) is 0.0233. The summed E-state index contributed by atoms with van der Waals surface area (Å²) in [6, 6.07) is 17.7. The molecule has 0 spiro atoms. The summed E-state index contributed by atoms with van der Waals surface area (Å²) < 4.78 is 1.91. The molecule has 6 heteroatoms. The maximum atomic E-state index is 12.6. The fraction of sp³-hybridized carbons (Fsp3) is 0.423. The third kappa shape index (κ3) is 4.46. The first-order valence-electron chi connectivity index (χ1n) is 11.8. The number of carbonyl (C=O) groups is 1. The number of aromatic nitrogens is 3. The highest BCUT2D eigenvalue weighted by Gasteiger charge is 2.26. The Morgan fingerprint density at radius 2 is 1.78 bits per heavy atom. The van der Waals surface area contributed by atoms with Gasteiger partial charge in [-0.1, -0.05) is 53.7 Å². The molecule has 6 nitrogen and oxygen atoms in total. The van der Waals surface area contributed by atoms with Crippen LogP contribution in [0.15, 0.2) is 54.7 Å². The van der Waals surface area contributed by atoms with Crippen LogP contribution < -0.4 is 0 Å². The third-order valence-electron chi connectivity index (χ3n) is 6.79. The molecule has 3 heterocycles. The normalized spacial score (nSPS) is 19.4. The lowest BCUT2D eigenvalue weighted by Gasteiger charge is -2.32. The summed E-state index contributed by atoms with van der Waals surface area (Å²) >= 11 is 0. The van der Waals surface area contributed by atoms with Gasteiger partial charge in [-0.3, -0.25) is 9.69 Å². The lowest BCUT2D eigenvalue weighted by Crippen LogP contribution is -2.36. The molecule has 3 aromatic rings. The molecule has 1 unspecified atom stereocenters. The minimum Gasteiger partial charge on any atom is -0.337 e. The second-order valence-corrected chi connectivity index (χ2v) is 9.13. The molecule has 2 saturated heterocycles. The van der Waals surface area contributed by atoms with Crippen LogP contribution in [-0.2, 0) is 6.54 Å². The summed E-state index contributed by atoms with van der Waals surface area (Å²) in [5, 5.41) is 8.51. The first kappa shape index (κ1) is 20.9. The van der Waals surface area contributed by atoms with E-state index in [1.165, 1.54) is 22.3 Å². The number of aryl methyl sites for hydroxylation is 1. The van der Waals surface area contributed by atoms with Crippen molar-refractivity contribution >= 4 is 5.91 Å². The van der Waals surface area contributed by atoms with Gasteiger partial charge in [0.05, 0.1) is 12.2 Å². The van der Waals surface area contributed by atoms with Crippen molar-refractivity contribution in [2.24, 2.45) is 0 Å². The number of nitrogens with zero attached hydrogens (tertiary/aromatic N) is 5. The van der Waals surface area contributed by atoms with E-state index in [1.54, 1.807) is 0 Å². The third-order valence-corrected chi connectivity index (χ3v) is 6.79. The molecule has 1 amide bonds. The van der Waals surface area contributed by atoms with Crippen molar-refractivity contribution in [3.63, 3.8) is 0 Å². The maximum absolute atomic E-state index is 12.6. The van der Waals surface area contributed by atoms with Gasteiger partial charge in [0.2, 0.25) is 0 Å². The molecule has 5 rings (SSSR count). The minimum absolute atomic E-state index is 0.0233. The molecule has 1 atom stereocenters. The Hall–Kier alpha value is -2.99. The second kappa shape index (κ2) is 9.25. The van der Waals surface area contributed by atoms with E-state index in [4.69, 9.17) is 0 Å². The standard InChI is InChI=1S/C26H31N5O/c1-20-7-2-3-9-24(20)22-12-10-21(11-13-22)17-29-14-6-8-23(18-29)31-19-25(27-28-31)26(32)30-15-4-5-16-30/h2-3,7,9-13,19,23H,4-6,8,14-18H2,1H3. The van der Waals surface area contributed by atoms with Crippen molar-refractivity contribution in [3.05, 3.63) is 71.5 Å². The number of carbonyl (C=O) groups excluding carboxylic acids is 1. The van der Waals surface area contributed by atoms with Crippen molar-refractivity contribution in [2.45, 2.75) is 45.2 Å². The van der Waals surface area contributed by atoms with Crippen LogP contribution in [0.1, 0.15) is 53.3 Å². The molecule has 0 N–H and O–H groups in total. The van der Waals surface area contributed by atoms with Crippen LogP contribution in [0.4, 0.5) is 0 Å². The van der Waals surface area contributed by atoms with Gasteiger partial charge in [-0.15, -0.1) is 5.10 Å². The van der Waals surface area contributed by atoms with E-state index in [9.17, 15) is 4.79 Å². The highest BCUT2D eigenvalue weighted by Crippen LogP contribution is 2.26. The summed E-state index contributed by atoms with van der Waals surface area (Å²) in [7, 11) is 0. The molecule has 0 saturated carbocycles. The predicted molar refractivity (Wildman–Crippen MR) is 125 cm³/mol. The molecular formula is C26H31N5O. The molecule has 2 aliphatic heterocycles. The van der Waals surface area contributed by atoms with Gasteiger partial charge < -0.3 is 4.90 Å². The Bertz CT molecular complexity index is 1070. The van der Waals surface area contributed by atoms with E-state index in [2.05, 4.69) is 70.7 Å². The van der Waals surface area contributed by atoms with Crippen LogP contribution in [0.5, 0.6) is 0 Å². The van der Waals surface area contributed by atoms with Gasteiger partial charge in [0.1, 0.15) is 0 Å². The monoisotopic (exact) mass is 429 g/mol. The smallest absolute Gasteiger partial charge is 0.276 e. The molecular weight excluding hydrogens is 398 g/mol. The van der Waals surface area contributed by atoms with Crippen molar-refractivity contribution in [2.75, 3.05) is 26.2 Å². The quantitative estimate of drug-likeness (QED) is 0.606. The van der Waals surface area contributed by atoms with Crippen LogP contribution >= 0.6 is 0 Å². The Labute approximate surface area is 189 Å². The fourth-order valence-corrected chi connectivity index (χ4v) is 4.97. The largest absolute Gasteiger partial charge is 0.337 e. The summed E-state index contributed by atoms with van der Waals surface area (Å²) in [4.78, 5) is 17.0. The Morgan fingerprint density at radius 1 is 1.00 bits per heavy atom. The lowest BCUT2D eigenvalue weighted by molar-refractivity contribution is 0.0787. The van der Waals surface area contributed by atoms with Gasteiger partial charge in [-0.2, -0.15) is 0 Å². The molecule has 0 radical (unpaired) electrons. The molecule has 2 fully saturated rings. The molecule has 2 aliphatic rings. The van der Waals surface area contributed by atoms with Gasteiger partial charge in [-0.05, 0) is 61.4 Å². The average molecular weight is 430 g/mol. The number of benzene rings is 2. The predicted octanol–water partition coefficient (Wildman–Crippen LogP) is 4.33. The maximum Gasteiger partial charge on any atom is 0.276 e. The van der Waals surface area contributed by atoms with Crippen LogP contribution in [-0.4, -0.2) is 56.9 Å². The zero-order valence-electron chi connectivity index (χ0n) is 18.8. The van der Waals surface area contributed by atoms with Crippen molar-refractivity contribution in [1.29, 1.82) is 0 Å². The minimum atomic E-state index is 0.0233. The van der Waals surface area contributed by atoms with Gasteiger partial charge in [0.15, 0.2) is 5.69 Å². The molecule has 2 aromatic carbocycles. The van der Waals surface area contributed by atoms with E-state index in [0.29, 0.717) is 5.69 Å². The number of piperidine rings is 1. The lowest BCUT2D eigenvalue weighted by atomic mass is 9.99. The van der Waals surface area contributed by atoms with Gasteiger partial charge in [0.25, 0.3) is 5.91 Å². The highest BCUT2D eigenvalue weighted by atomic mass is 16.2. The average Bonchev–Trinajstić information content (AvgIpc) is 3.53. The van der Waals surface area contributed by atoms with Crippen LogP contribution in [0, 0.1) is 6.92 Å². The second-order valence-electron chi connectivity index (χ2n) is 9.13. The van der Waals surface area contributed by atoms with Crippen LogP contribution in [0.25, 0.3) is 11.1 Å². The van der Waals surface area contributed by atoms with E-state index in [1.807, 2.05) is 15.8 Å². The molecule has 0 bridgehead atoms. The Kier molecular flexibility index (Phi) is 6.04. The van der Waals surface area contributed by atoms with Gasteiger partial charge >= 0.3 is 0 Å². The summed E-state index contributed by atoms with van der Waals surface area (Å²) in [5.41, 5.74) is 5.67. The SMILES string of the molecule is Cc1ccccc1-c1ccc(CN2CCCC(n3cc(C(=O)N4CCCC4)nn3)C2)cc1. The van der Waals surface area contributed by atoms with Crippen molar-refractivity contribution in [3.8, 4) is 11.1 Å². The van der Waals surface area contributed by atoms with E-state index in [0.717, 1.165) is 58.4 Å². The van der Waals surface area contributed by atoms with E-state index >= 15 is 0 Å². The number of amides is 1. The zero-order valence-corrected chi connectivity index (χ0v) is 18.8. The summed E-state index contributed by atoms with van der Waals surface area (Å²) in [6.45, 7) is 6.78. The topological polar surface area (TPSA) is 54.3 Å².